The average molecular weight is 346 g/mol. The maximum absolute atomic E-state index is 13.0. The molecule has 1 aromatic heterocycles. The van der Waals surface area contributed by atoms with E-state index in [-0.39, 0.29) is 23.2 Å². The zero-order valence-electron chi connectivity index (χ0n) is 14.0. The Balaban J connectivity index is 1.99. The first kappa shape index (κ1) is 16.9. The molecule has 0 saturated carbocycles. The van der Waals surface area contributed by atoms with Gasteiger partial charge in [0, 0.05) is 12.6 Å². The van der Waals surface area contributed by atoms with E-state index in [2.05, 4.69) is 10.1 Å². The molecule has 1 atom stereocenters. The van der Waals surface area contributed by atoms with Crippen molar-refractivity contribution in [2.24, 2.45) is 0 Å². The molecule has 132 valence electrons. The molecule has 9 heteroatoms. The predicted molar refractivity (Wildman–Crippen MR) is 86.3 cm³/mol. The van der Waals surface area contributed by atoms with E-state index in [0.717, 1.165) is 19.3 Å². The Morgan fingerprint density at radius 1 is 1.44 bits per heavy atom. The normalized spacial score (nSPS) is 17.4. The minimum absolute atomic E-state index is 0.143. The lowest BCUT2D eigenvalue weighted by atomic mass is 9.99. The van der Waals surface area contributed by atoms with Crippen molar-refractivity contribution in [3.63, 3.8) is 0 Å². The number of carbonyl (C=O) groups excluding carboxylic acids is 1. The third-order valence-electron chi connectivity index (χ3n) is 4.44. The van der Waals surface area contributed by atoms with Crippen LogP contribution in [0.3, 0.4) is 0 Å². The van der Waals surface area contributed by atoms with Crippen molar-refractivity contribution in [3.05, 3.63) is 45.6 Å². The molecule has 1 aliphatic heterocycles. The summed E-state index contributed by atoms with van der Waals surface area (Å²) in [4.78, 5) is 29.5. The lowest BCUT2D eigenvalue weighted by molar-refractivity contribution is -0.385. The Labute approximate surface area is 143 Å². The molecular weight excluding hydrogens is 328 g/mol. The summed E-state index contributed by atoms with van der Waals surface area (Å²) < 4.78 is 9.99. The van der Waals surface area contributed by atoms with Crippen LogP contribution < -0.4 is 4.74 Å². The molecule has 1 unspecified atom stereocenters. The van der Waals surface area contributed by atoms with E-state index in [1.54, 1.807) is 11.8 Å². The van der Waals surface area contributed by atoms with E-state index >= 15 is 0 Å². The Bertz CT molecular complexity index is 790. The Kier molecular flexibility index (Phi) is 4.64. The van der Waals surface area contributed by atoms with Crippen LogP contribution in [0.5, 0.6) is 5.75 Å². The fourth-order valence-corrected chi connectivity index (χ4v) is 3.13. The maximum Gasteiger partial charge on any atom is 0.276 e. The smallest absolute Gasteiger partial charge is 0.276 e. The van der Waals surface area contributed by atoms with Crippen LogP contribution in [0.4, 0.5) is 5.69 Å². The number of nitro benzene ring substituents is 1. The SMILES string of the molecule is COc1cc(C(=O)N2CCCCC2c2ncon2)cc([N+](=O)[O-])c1C. The molecule has 0 N–H and O–H groups in total. The van der Waals surface area contributed by atoms with E-state index in [4.69, 9.17) is 9.26 Å². The summed E-state index contributed by atoms with van der Waals surface area (Å²) in [6.45, 7) is 2.12. The molecule has 1 saturated heterocycles. The van der Waals surface area contributed by atoms with Gasteiger partial charge < -0.3 is 14.2 Å². The standard InChI is InChI=1S/C16H18N4O5/c1-10-13(20(22)23)7-11(8-14(10)24-2)16(21)19-6-4-3-5-12(19)15-17-9-25-18-15/h7-9,12H,3-6H2,1-2H3. The molecule has 2 heterocycles. The largest absolute Gasteiger partial charge is 0.496 e. The number of aromatic nitrogens is 2. The molecule has 1 fully saturated rings. The van der Waals surface area contributed by atoms with E-state index in [1.165, 1.54) is 25.6 Å². The first-order chi connectivity index (χ1) is 12.0. The van der Waals surface area contributed by atoms with Gasteiger partial charge >= 0.3 is 0 Å². The molecule has 1 aromatic carbocycles. The zero-order valence-corrected chi connectivity index (χ0v) is 14.0. The molecule has 1 aliphatic rings. The summed E-state index contributed by atoms with van der Waals surface area (Å²) in [5.74, 6) is 0.447. The van der Waals surface area contributed by atoms with Crippen LogP contribution in [0.1, 0.15) is 47.1 Å². The monoisotopic (exact) mass is 346 g/mol. The van der Waals surface area contributed by atoms with Gasteiger partial charge in [-0.1, -0.05) is 5.16 Å². The Morgan fingerprint density at radius 2 is 2.24 bits per heavy atom. The number of hydrogen-bond acceptors (Lipinski definition) is 7. The van der Waals surface area contributed by atoms with Crippen LogP contribution in [-0.2, 0) is 0 Å². The van der Waals surface area contributed by atoms with Crippen molar-refractivity contribution in [1.29, 1.82) is 0 Å². The molecule has 3 rings (SSSR count). The molecular formula is C16H18N4O5. The van der Waals surface area contributed by atoms with E-state index < -0.39 is 4.92 Å². The molecule has 0 radical (unpaired) electrons. The van der Waals surface area contributed by atoms with Gasteiger partial charge in [-0.2, -0.15) is 4.98 Å². The number of likely N-dealkylation sites (tertiary alicyclic amines) is 1. The first-order valence-electron chi connectivity index (χ1n) is 7.93. The minimum Gasteiger partial charge on any atom is -0.496 e. The molecule has 25 heavy (non-hydrogen) atoms. The van der Waals surface area contributed by atoms with Crippen molar-refractivity contribution >= 4 is 11.6 Å². The van der Waals surface area contributed by atoms with Gasteiger partial charge in [-0.3, -0.25) is 14.9 Å². The number of nitro groups is 1. The summed E-state index contributed by atoms with van der Waals surface area (Å²) >= 11 is 0. The zero-order chi connectivity index (χ0) is 18.0. The second kappa shape index (κ2) is 6.88. The van der Waals surface area contributed by atoms with Gasteiger partial charge in [0.1, 0.15) is 5.75 Å². The lowest BCUT2D eigenvalue weighted by Gasteiger charge is -2.33. The Morgan fingerprint density at radius 3 is 2.88 bits per heavy atom. The molecule has 0 spiro atoms. The van der Waals surface area contributed by atoms with Crippen LogP contribution in [0, 0.1) is 17.0 Å². The van der Waals surface area contributed by atoms with Crippen molar-refractivity contribution in [3.8, 4) is 5.75 Å². The van der Waals surface area contributed by atoms with Gasteiger partial charge in [-0.25, -0.2) is 0 Å². The quantitative estimate of drug-likeness (QED) is 0.618. The molecule has 1 amide bonds. The highest BCUT2D eigenvalue weighted by Crippen LogP contribution is 2.33. The van der Waals surface area contributed by atoms with Gasteiger partial charge in [-0.15, -0.1) is 0 Å². The second-order valence-electron chi connectivity index (χ2n) is 5.88. The van der Waals surface area contributed by atoms with Crippen LogP contribution in [0.25, 0.3) is 0 Å². The van der Waals surface area contributed by atoms with Gasteiger partial charge in [0.05, 0.1) is 29.2 Å². The van der Waals surface area contributed by atoms with Crippen molar-refractivity contribution < 1.29 is 19.0 Å². The topological polar surface area (TPSA) is 112 Å². The second-order valence-corrected chi connectivity index (χ2v) is 5.88. The highest BCUT2D eigenvalue weighted by atomic mass is 16.6. The number of hydrogen-bond donors (Lipinski definition) is 0. The van der Waals surface area contributed by atoms with Gasteiger partial charge in [0.15, 0.2) is 5.82 Å². The number of amides is 1. The summed E-state index contributed by atoms with van der Waals surface area (Å²) in [7, 11) is 1.42. The number of benzene rings is 1. The number of piperidine rings is 1. The summed E-state index contributed by atoms with van der Waals surface area (Å²) in [6.07, 6.45) is 3.74. The summed E-state index contributed by atoms with van der Waals surface area (Å²) in [5, 5.41) is 15.1. The van der Waals surface area contributed by atoms with E-state index in [0.29, 0.717) is 23.7 Å². The third kappa shape index (κ3) is 3.17. The van der Waals surface area contributed by atoms with Crippen LogP contribution in [0.15, 0.2) is 23.0 Å². The fourth-order valence-electron chi connectivity index (χ4n) is 3.13. The number of nitrogens with zero attached hydrogens (tertiary/aromatic N) is 4. The van der Waals surface area contributed by atoms with Gasteiger partial charge in [0.2, 0.25) is 6.39 Å². The summed E-state index contributed by atoms with van der Waals surface area (Å²) in [5.41, 5.74) is 0.456. The van der Waals surface area contributed by atoms with Crippen LogP contribution in [0.2, 0.25) is 0 Å². The van der Waals surface area contributed by atoms with Crippen LogP contribution >= 0.6 is 0 Å². The summed E-state index contributed by atoms with van der Waals surface area (Å²) in [6, 6.07) is 2.53. The molecule has 0 aliphatic carbocycles. The number of carbonyl (C=O) groups is 1. The molecule has 9 nitrogen and oxygen atoms in total. The van der Waals surface area contributed by atoms with Crippen molar-refractivity contribution in [2.75, 3.05) is 13.7 Å². The van der Waals surface area contributed by atoms with Gasteiger partial charge in [-0.05, 0) is 32.3 Å². The third-order valence-corrected chi connectivity index (χ3v) is 4.44. The number of methoxy groups -OCH3 is 1. The number of ether oxygens (including phenoxy) is 1. The van der Waals surface area contributed by atoms with Crippen molar-refractivity contribution in [2.45, 2.75) is 32.2 Å². The van der Waals surface area contributed by atoms with E-state index in [9.17, 15) is 14.9 Å². The predicted octanol–water partition coefficient (Wildman–Crippen LogP) is 2.66. The average Bonchev–Trinajstić information content (AvgIpc) is 3.15. The maximum atomic E-state index is 13.0. The van der Waals surface area contributed by atoms with Crippen LogP contribution in [-0.4, -0.2) is 39.5 Å². The fraction of sp³-hybridized carbons (Fsp3) is 0.438. The highest BCUT2D eigenvalue weighted by molar-refractivity contribution is 5.96. The molecule has 0 bridgehead atoms. The number of rotatable bonds is 4. The highest BCUT2D eigenvalue weighted by Gasteiger charge is 2.32. The minimum atomic E-state index is -0.512. The first-order valence-corrected chi connectivity index (χ1v) is 7.93. The lowest BCUT2D eigenvalue weighted by Crippen LogP contribution is -2.39. The van der Waals surface area contributed by atoms with Gasteiger partial charge in [0.25, 0.3) is 11.6 Å². The molecule has 2 aromatic rings. The van der Waals surface area contributed by atoms with E-state index in [1.807, 2.05) is 0 Å². The Hall–Kier alpha value is -2.97. The van der Waals surface area contributed by atoms with Crippen molar-refractivity contribution in [1.82, 2.24) is 15.0 Å².